The van der Waals surface area contributed by atoms with Crippen LogP contribution in [-0.2, 0) is 11.0 Å². The Kier molecular flexibility index (Phi) is 6.52. The number of likely N-dealkylation sites (tertiary alicyclic amines) is 1. The molecule has 1 unspecified atom stereocenters. The number of pyridine rings is 1. The van der Waals surface area contributed by atoms with Gasteiger partial charge in [0.2, 0.25) is 5.91 Å². The molecule has 0 bridgehead atoms. The van der Waals surface area contributed by atoms with E-state index in [0.717, 1.165) is 23.2 Å². The highest BCUT2D eigenvalue weighted by Gasteiger charge is 2.43. The lowest BCUT2D eigenvalue weighted by Gasteiger charge is -2.27. The van der Waals surface area contributed by atoms with E-state index in [1.54, 1.807) is 0 Å². The summed E-state index contributed by atoms with van der Waals surface area (Å²) >= 11 is 5.61. The van der Waals surface area contributed by atoms with E-state index in [1.165, 1.54) is 0 Å². The molecule has 4 rings (SSSR count). The summed E-state index contributed by atoms with van der Waals surface area (Å²) in [5.74, 6) is -3.48. The van der Waals surface area contributed by atoms with E-state index in [9.17, 15) is 36.6 Å². The Hall–Kier alpha value is -2.79. The maximum atomic E-state index is 14.5. The minimum Gasteiger partial charge on any atom is -0.391 e. The molecule has 1 aromatic carbocycles. The molecule has 6 nitrogen and oxygen atoms in total. The van der Waals surface area contributed by atoms with E-state index >= 15 is 0 Å². The molecule has 1 aliphatic heterocycles. The van der Waals surface area contributed by atoms with Crippen LogP contribution in [0.1, 0.15) is 46.8 Å². The van der Waals surface area contributed by atoms with Gasteiger partial charge < -0.3 is 15.3 Å². The smallest absolute Gasteiger partial charge is 0.391 e. The largest absolute Gasteiger partial charge is 0.417 e. The van der Waals surface area contributed by atoms with Crippen molar-refractivity contribution in [3.05, 3.63) is 63.9 Å². The van der Waals surface area contributed by atoms with Gasteiger partial charge >= 0.3 is 6.18 Å². The molecule has 1 saturated carbocycles. The molecule has 182 valence electrons. The first-order valence-corrected chi connectivity index (χ1v) is 10.8. The van der Waals surface area contributed by atoms with Crippen LogP contribution in [0.3, 0.4) is 0 Å². The number of hydrogen-bond acceptors (Lipinski definition) is 4. The van der Waals surface area contributed by atoms with Crippen LogP contribution >= 0.6 is 11.6 Å². The van der Waals surface area contributed by atoms with Crippen molar-refractivity contribution < 1.29 is 36.6 Å². The Labute approximate surface area is 195 Å². The molecule has 2 N–H and O–H groups in total. The maximum absolute atomic E-state index is 14.5. The fourth-order valence-electron chi connectivity index (χ4n) is 4.07. The summed E-state index contributed by atoms with van der Waals surface area (Å²) < 4.78 is 67.5. The number of rotatable bonds is 5. The summed E-state index contributed by atoms with van der Waals surface area (Å²) in [5, 5.41) is 12.3. The molecule has 1 saturated heterocycles. The summed E-state index contributed by atoms with van der Waals surface area (Å²) in [7, 11) is 0. The molecule has 12 heteroatoms. The monoisotopic (exact) mass is 503 g/mol. The first-order chi connectivity index (χ1) is 16.0. The van der Waals surface area contributed by atoms with E-state index in [-0.39, 0.29) is 24.4 Å². The van der Waals surface area contributed by atoms with Gasteiger partial charge in [0.05, 0.1) is 28.3 Å². The second-order valence-corrected chi connectivity index (χ2v) is 8.84. The topological polar surface area (TPSA) is 82.5 Å². The van der Waals surface area contributed by atoms with Crippen LogP contribution in [0.25, 0.3) is 0 Å². The van der Waals surface area contributed by atoms with Gasteiger partial charge in [0.15, 0.2) is 0 Å². The van der Waals surface area contributed by atoms with Crippen molar-refractivity contribution in [3.63, 3.8) is 0 Å². The Morgan fingerprint density at radius 2 is 1.85 bits per heavy atom. The van der Waals surface area contributed by atoms with Crippen LogP contribution in [0.15, 0.2) is 30.6 Å². The predicted octanol–water partition coefficient (Wildman–Crippen LogP) is 3.87. The highest BCUT2D eigenvalue weighted by atomic mass is 35.5. The van der Waals surface area contributed by atoms with Gasteiger partial charge in [0.1, 0.15) is 17.7 Å². The van der Waals surface area contributed by atoms with E-state index in [2.05, 4.69) is 10.3 Å². The third kappa shape index (κ3) is 5.00. The minimum atomic E-state index is -4.72. The predicted molar refractivity (Wildman–Crippen MR) is 110 cm³/mol. The molecular weight excluding hydrogens is 485 g/mol. The fourth-order valence-corrected chi connectivity index (χ4v) is 4.22. The van der Waals surface area contributed by atoms with Crippen molar-refractivity contribution in [2.24, 2.45) is 5.92 Å². The minimum absolute atomic E-state index is 0.101. The van der Waals surface area contributed by atoms with Crippen LogP contribution in [0, 0.1) is 17.6 Å². The molecule has 2 heterocycles. The third-order valence-corrected chi connectivity index (χ3v) is 6.21. The number of carbonyl (C=O) groups is 2. The quantitative estimate of drug-likeness (QED) is 0.479. The lowest BCUT2D eigenvalue weighted by molar-refractivity contribution is -0.137. The number of β-amino-alcohol motifs (C(OH)–C–C–N with tert-alkyl or cyclic N) is 1. The van der Waals surface area contributed by atoms with Crippen LogP contribution < -0.4 is 5.32 Å². The van der Waals surface area contributed by atoms with Crippen LogP contribution in [-0.4, -0.2) is 45.5 Å². The van der Waals surface area contributed by atoms with Gasteiger partial charge in [-0.05, 0) is 37.0 Å². The number of aliphatic hydroxyl groups excluding tert-OH is 1. The molecule has 2 aromatic rings. The fraction of sp³-hybridized carbons (Fsp3) is 0.409. The molecule has 34 heavy (non-hydrogen) atoms. The summed E-state index contributed by atoms with van der Waals surface area (Å²) in [6, 6.07) is 0.210. The number of aromatic nitrogens is 1. The SMILES string of the molecule is O=C(NC(c1cc(F)c(Cl)cc1F)C1CC1)[C@H]1C[C@@H](O)CN1C(=O)c1cncc(C(F)(F)F)c1. The highest BCUT2D eigenvalue weighted by molar-refractivity contribution is 6.30. The lowest BCUT2D eigenvalue weighted by atomic mass is 10.0. The Morgan fingerprint density at radius 1 is 1.15 bits per heavy atom. The summed E-state index contributed by atoms with van der Waals surface area (Å²) in [6.45, 7) is -0.287. The lowest BCUT2D eigenvalue weighted by Crippen LogP contribution is -2.47. The average molecular weight is 504 g/mol. The zero-order chi connectivity index (χ0) is 24.8. The number of aliphatic hydroxyl groups is 1. The molecule has 0 spiro atoms. The standard InChI is InChI=1S/C22H19ClF5N3O3/c23-15-6-16(24)14(5-17(15)25)19(10-1-2-10)30-20(33)18-4-13(32)9-31(18)21(34)11-3-12(8-29-7-11)22(26,27)28/h3,5-8,10,13,18-19,32H,1-2,4,9H2,(H,30,33)/t13-,18-,19?/m1/s1. The number of benzene rings is 1. The van der Waals surface area contributed by atoms with E-state index < -0.39 is 64.0 Å². The maximum Gasteiger partial charge on any atom is 0.417 e. The Morgan fingerprint density at radius 3 is 2.50 bits per heavy atom. The van der Waals surface area contributed by atoms with E-state index in [1.807, 2.05) is 0 Å². The van der Waals surface area contributed by atoms with Gasteiger partial charge in [-0.1, -0.05) is 11.6 Å². The number of nitrogens with one attached hydrogen (secondary N) is 1. The van der Waals surface area contributed by atoms with Gasteiger partial charge in [-0.15, -0.1) is 0 Å². The molecule has 0 radical (unpaired) electrons. The van der Waals surface area contributed by atoms with E-state index in [4.69, 9.17) is 11.6 Å². The zero-order valence-electron chi connectivity index (χ0n) is 17.5. The number of carbonyl (C=O) groups excluding carboxylic acids is 2. The van der Waals surface area contributed by atoms with Gasteiger partial charge in [0, 0.05) is 30.9 Å². The van der Waals surface area contributed by atoms with Gasteiger partial charge in [-0.3, -0.25) is 14.6 Å². The Balaban J connectivity index is 1.57. The average Bonchev–Trinajstić information content (AvgIpc) is 3.54. The summed E-state index contributed by atoms with van der Waals surface area (Å²) in [6.07, 6.45) is -3.17. The molecular formula is C22H19ClF5N3O3. The summed E-state index contributed by atoms with van der Waals surface area (Å²) in [5.41, 5.74) is -1.63. The molecule has 1 aromatic heterocycles. The van der Waals surface area contributed by atoms with Crippen molar-refractivity contribution in [2.45, 2.75) is 43.6 Å². The van der Waals surface area contributed by atoms with Crippen LogP contribution in [0.4, 0.5) is 22.0 Å². The number of alkyl halides is 3. The second-order valence-electron chi connectivity index (χ2n) is 8.43. The molecule has 3 atom stereocenters. The number of hydrogen-bond donors (Lipinski definition) is 2. The van der Waals surface area contributed by atoms with Crippen LogP contribution in [0.2, 0.25) is 5.02 Å². The number of amides is 2. The highest BCUT2D eigenvalue weighted by Crippen LogP contribution is 2.42. The first kappa shape index (κ1) is 24.3. The molecule has 1 aliphatic carbocycles. The van der Waals surface area contributed by atoms with E-state index in [0.29, 0.717) is 25.1 Å². The summed E-state index contributed by atoms with van der Waals surface area (Å²) in [4.78, 5) is 30.4. The van der Waals surface area contributed by atoms with Gasteiger partial charge in [0.25, 0.3) is 5.91 Å². The van der Waals surface area contributed by atoms with Crippen molar-refractivity contribution in [1.29, 1.82) is 0 Å². The number of nitrogens with zero attached hydrogens (tertiary/aromatic N) is 2. The molecule has 2 aliphatic rings. The molecule has 2 fully saturated rings. The van der Waals surface area contributed by atoms with Crippen LogP contribution in [0.5, 0.6) is 0 Å². The van der Waals surface area contributed by atoms with Crippen molar-refractivity contribution in [1.82, 2.24) is 15.2 Å². The van der Waals surface area contributed by atoms with Crippen molar-refractivity contribution >= 4 is 23.4 Å². The zero-order valence-corrected chi connectivity index (χ0v) is 18.2. The van der Waals surface area contributed by atoms with Crippen molar-refractivity contribution in [2.75, 3.05) is 6.54 Å². The molecule has 2 amide bonds. The van der Waals surface area contributed by atoms with Crippen molar-refractivity contribution in [3.8, 4) is 0 Å². The third-order valence-electron chi connectivity index (χ3n) is 5.92. The normalized spacial score (nSPS) is 21.4. The first-order valence-electron chi connectivity index (χ1n) is 10.4. The Bertz CT molecular complexity index is 1130. The number of halogens is 6. The second kappa shape index (κ2) is 9.10. The van der Waals surface area contributed by atoms with Gasteiger partial charge in [-0.2, -0.15) is 13.2 Å². The van der Waals surface area contributed by atoms with Gasteiger partial charge in [-0.25, -0.2) is 8.78 Å².